The van der Waals surface area contributed by atoms with Crippen molar-refractivity contribution in [3.8, 4) is 0 Å². The number of aromatic nitrogens is 2. The Morgan fingerprint density at radius 3 is 2.65 bits per heavy atom. The summed E-state index contributed by atoms with van der Waals surface area (Å²) in [6.07, 6.45) is 1.71. The predicted molar refractivity (Wildman–Crippen MR) is 81.9 cm³/mol. The van der Waals surface area contributed by atoms with Crippen LogP contribution in [0.4, 0.5) is 5.69 Å². The molecule has 0 bridgehead atoms. The van der Waals surface area contributed by atoms with E-state index in [1.807, 2.05) is 28.9 Å². The first-order valence-corrected chi connectivity index (χ1v) is 7.05. The fraction of sp³-hybridized carbons (Fsp3) is 0.400. The minimum absolute atomic E-state index is 0.0112. The molecule has 5 N–H and O–H groups in total. The number of aryl methyl sites for hydroxylation is 2. The average molecular weight is 273 g/mol. The molecule has 5 nitrogen and oxygen atoms in total. The zero-order valence-corrected chi connectivity index (χ0v) is 12.1. The van der Waals surface area contributed by atoms with Crippen molar-refractivity contribution < 1.29 is 0 Å². The highest BCUT2D eigenvalue weighted by Gasteiger charge is 2.16. The summed E-state index contributed by atoms with van der Waals surface area (Å²) in [6.45, 7) is 5.06. The lowest BCUT2D eigenvalue weighted by Crippen LogP contribution is -2.30. The number of nitrogen functional groups attached to an aromatic ring is 1. The van der Waals surface area contributed by atoms with Gasteiger partial charge in [-0.15, -0.1) is 0 Å². The lowest BCUT2D eigenvalue weighted by atomic mass is 10.0. The quantitative estimate of drug-likeness (QED) is 0.426. The number of rotatable bonds is 6. The van der Waals surface area contributed by atoms with Gasteiger partial charge in [0.25, 0.3) is 0 Å². The second-order valence-corrected chi connectivity index (χ2v) is 4.85. The van der Waals surface area contributed by atoms with E-state index in [0.717, 1.165) is 36.3 Å². The van der Waals surface area contributed by atoms with E-state index in [9.17, 15) is 0 Å². The van der Waals surface area contributed by atoms with Gasteiger partial charge in [-0.2, -0.15) is 5.10 Å². The lowest BCUT2D eigenvalue weighted by Gasteiger charge is -2.18. The maximum absolute atomic E-state index is 6.03. The van der Waals surface area contributed by atoms with Crippen LogP contribution in [0.2, 0.25) is 0 Å². The van der Waals surface area contributed by atoms with E-state index in [4.69, 9.17) is 11.6 Å². The molecule has 1 atom stereocenters. The van der Waals surface area contributed by atoms with E-state index in [1.54, 1.807) is 0 Å². The van der Waals surface area contributed by atoms with E-state index >= 15 is 0 Å². The number of nitrogens with zero attached hydrogens (tertiary/aromatic N) is 2. The molecule has 0 aliphatic rings. The Bertz CT molecular complexity index is 561. The van der Waals surface area contributed by atoms with Crippen molar-refractivity contribution in [2.24, 2.45) is 5.84 Å². The number of anilines is 1. The second-order valence-electron chi connectivity index (χ2n) is 4.85. The van der Waals surface area contributed by atoms with Gasteiger partial charge in [0.2, 0.25) is 0 Å². The van der Waals surface area contributed by atoms with E-state index in [2.05, 4.69) is 30.4 Å². The van der Waals surface area contributed by atoms with Crippen molar-refractivity contribution in [1.82, 2.24) is 15.2 Å². The lowest BCUT2D eigenvalue weighted by molar-refractivity contribution is 0.517. The molecule has 0 saturated carbocycles. The van der Waals surface area contributed by atoms with Gasteiger partial charge in [-0.1, -0.05) is 25.1 Å². The van der Waals surface area contributed by atoms with Gasteiger partial charge in [0.15, 0.2) is 0 Å². The van der Waals surface area contributed by atoms with Crippen molar-refractivity contribution in [3.63, 3.8) is 0 Å². The molecule has 0 aliphatic carbocycles. The van der Waals surface area contributed by atoms with Crippen LogP contribution in [0, 0.1) is 0 Å². The van der Waals surface area contributed by atoms with Crippen molar-refractivity contribution in [2.75, 3.05) is 5.73 Å². The van der Waals surface area contributed by atoms with Gasteiger partial charge in [-0.3, -0.25) is 16.0 Å². The SMILES string of the molecule is CCc1cc(CC(NN)c2ccccc2N)n(CC)n1. The molecule has 1 unspecified atom stereocenters. The Balaban J connectivity index is 2.26. The molecular formula is C15H23N5. The first kappa shape index (κ1) is 14.6. The molecule has 1 aromatic heterocycles. The minimum atomic E-state index is -0.0112. The summed E-state index contributed by atoms with van der Waals surface area (Å²) in [6, 6.07) is 9.94. The molecule has 0 spiro atoms. The van der Waals surface area contributed by atoms with Crippen LogP contribution in [0.5, 0.6) is 0 Å². The van der Waals surface area contributed by atoms with Crippen LogP contribution in [0.15, 0.2) is 30.3 Å². The molecule has 20 heavy (non-hydrogen) atoms. The predicted octanol–water partition coefficient (Wildman–Crippen LogP) is 1.79. The molecule has 2 rings (SSSR count). The summed E-state index contributed by atoms with van der Waals surface area (Å²) in [4.78, 5) is 0. The zero-order chi connectivity index (χ0) is 14.5. The maximum atomic E-state index is 6.03. The number of benzene rings is 1. The smallest absolute Gasteiger partial charge is 0.0624 e. The van der Waals surface area contributed by atoms with Crippen molar-refractivity contribution >= 4 is 5.69 Å². The first-order valence-electron chi connectivity index (χ1n) is 7.05. The topological polar surface area (TPSA) is 81.9 Å². The van der Waals surface area contributed by atoms with Crippen LogP contribution in [-0.2, 0) is 19.4 Å². The normalized spacial score (nSPS) is 12.6. The Hall–Kier alpha value is -1.85. The van der Waals surface area contributed by atoms with Gasteiger partial charge in [-0.05, 0) is 31.0 Å². The summed E-state index contributed by atoms with van der Waals surface area (Å²) < 4.78 is 2.03. The van der Waals surface area contributed by atoms with Crippen LogP contribution in [0.25, 0.3) is 0 Å². The van der Waals surface area contributed by atoms with Crippen molar-refractivity contribution in [1.29, 1.82) is 0 Å². The molecule has 1 aromatic carbocycles. The summed E-state index contributed by atoms with van der Waals surface area (Å²) in [5.41, 5.74) is 13.0. The third kappa shape index (κ3) is 3.00. The van der Waals surface area contributed by atoms with Gasteiger partial charge in [-0.25, -0.2) is 0 Å². The Kier molecular flexibility index (Phi) is 4.76. The molecule has 0 saturated heterocycles. The average Bonchev–Trinajstić information content (AvgIpc) is 2.88. The monoisotopic (exact) mass is 273 g/mol. The number of nitrogens with one attached hydrogen (secondary N) is 1. The van der Waals surface area contributed by atoms with Crippen LogP contribution in [0.3, 0.4) is 0 Å². The van der Waals surface area contributed by atoms with E-state index in [1.165, 1.54) is 5.69 Å². The van der Waals surface area contributed by atoms with E-state index < -0.39 is 0 Å². The van der Waals surface area contributed by atoms with Crippen molar-refractivity contribution in [2.45, 2.75) is 39.3 Å². The largest absolute Gasteiger partial charge is 0.398 e. The molecule has 0 amide bonds. The number of hydrogen-bond acceptors (Lipinski definition) is 4. The highest BCUT2D eigenvalue weighted by molar-refractivity contribution is 5.48. The second kappa shape index (κ2) is 6.54. The summed E-state index contributed by atoms with van der Waals surface area (Å²) in [7, 11) is 0. The van der Waals surface area contributed by atoms with Gasteiger partial charge in [0.05, 0.1) is 11.7 Å². The number of nitrogens with two attached hydrogens (primary N) is 2. The van der Waals surface area contributed by atoms with Crippen LogP contribution in [-0.4, -0.2) is 9.78 Å². The summed E-state index contributed by atoms with van der Waals surface area (Å²) in [5, 5.41) is 4.57. The zero-order valence-electron chi connectivity index (χ0n) is 12.1. The first-order chi connectivity index (χ1) is 9.69. The molecule has 0 fully saturated rings. The third-order valence-corrected chi connectivity index (χ3v) is 3.56. The Labute approximate surface area is 119 Å². The highest BCUT2D eigenvalue weighted by Crippen LogP contribution is 2.23. The minimum Gasteiger partial charge on any atom is -0.398 e. The van der Waals surface area contributed by atoms with Crippen molar-refractivity contribution in [3.05, 3.63) is 47.3 Å². The summed E-state index contributed by atoms with van der Waals surface area (Å²) in [5.74, 6) is 5.72. The Morgan fingerprint density at radius 2 is 2.05 bits per heavy atom. The highest BCUT2D eigenvalue weighted by atomic mass is 15.3. The van der Waals surface area contributed by atoms with Gasteiger partial charge >= 0.3 is 0 Å². The fourth-order valence-electron chi connectivity index (χ4n) is 2.42. The number of para-hydroxylation sites is 1. The van der Waals surface area contributed by atoms with Gasteiger partial charge in [0.1, 0.15) is 0 Å². The molecule has 5 heteroatoms. The molecule has 1 heterocycles. The van der Waals surface area contributed by atoms with Gasteiger partial charge < -0.3 is 5.73 Å². The molecule has 0 aliphatic heterocycles. The van der Waals surface area contributed by atoms with Crippen LogP contribution < -0.4 is 17.0 Å². The third-order valence-electron chi connectivity index (χ3n) is 3.56. The molecular weight excluding hydrogens is 250 g/mol. The molecule has 108 valence electrons. The van der Waals surface area contributed by atoms with Crippen LogP contribution in [0.1, 0.15) is 36.8 Å². The maximum Gasteiger partial charge on any atom is 0.0624 e. The molecule has 2 aromatic rings. The molecule has 0 radical (unpaired) electrons. The number of hydrogen-bond donors (Lipinski definition) is 3. The fourth-order valence-corrected chi connectivity index (χ4v) is 2.42. The van der Waals surface area contributed by atoms with Crippen LogP contribution >= 0.6 is 0 Å². The van der Waals surface area contributed by atoms with E-state index in [0.29, 0.717) is 0 Å². The van der Waals surface area contributed by atoms with E-state index in [-0.39, 0.29) is 6.04 Å². The standard InChI is InChI=1S/C15H23N5/c1-3-11-9-12(20(4-2)19-11)10-15(18-17)13-7-5-6-8-14(13)16/h5-9,15,18H,3-4,10,16-17H2,1-2H3. The summed E-state index contributed by atoms with van der Waals surface area (Å²) >= 11 is 0. The Morgan fingerprint density at radius 1 is 1.30 bits per heavy atom. The van der Waals surface area contributed by atoms with Gasteiger partial charge in [0, 0.05) is 24.3 Å². The number of hydrazine groups is 1.